The van der Waals surface area contributed by atoms with Crippen LogP contribution in [0.25, 0.3) is 0 Å². The standard InChI is InChI=1S/C19H21FN2O4/c1-5-22(18(24)13-6-8-14(20)9-7-13)10-15(23)16-11(2)17(19(25)26-4)21-12(16)3/h6-9,21H,5,10H2,1-4H3. The maximum atomic E-state index is 13.0. The summed E-state index contributed by atoms with van der Waals surface area (Å²) in [6.45, 7) is 5.26. The Morgan fingerprint density at radius 3 is 2.31 bits per heavy atom. The zero-order chi connectivity index (χ0) is 19.4. The van der Waals surface area contributed by atoms with E-state index < -0.39 is 11.8 Å². The lowest BCUT2D eigenvalue weighted by atomic mass is 10.0. The number of carbonyl (C=O) groups is 3. The predicted octanol–water partition coefficient (Wildman–Crippen LogP) is 2.90. The van der Waals surface area contributed by atoms with Gasteiger partial charge in [-0.3, -0.25) is 9.59 Å². The molecule has 1 aromatic heterocycles. The third-order valence-corrected chi connectivity index (χ3v) is 4.20. The third-order valence-electron chi connectivity index (χ3n) is 4.20. The maximum absolute atomic E-state index is 13.0. The summed E-state index contributed by atoms with van der Waals surface area (Å²) in [4.78, 5) is 41.3. The fourth-order valence-corrected chi connectivity index (χ4v) is 2.83. The van der Waals surface area contributed by atoms with Crippen molar-refractivity contribution in [2.75, 3.05) is 20.2 Å². The number of likely N-dealkylation sites (N-methyl/N-ethyl adjacent to an activating group) is 1. The molecule has 0 radical (unpaired) electrons. The van der Waals surface area contributed by atoms with E-state index in [1.165, 1.54) is 36.3 Å². The SMILES string of the molecule is CCN(CC(=O)c1c(C)[nH]c(C(=O)OC)c1C)C(=O)c1ccc(F)cc1. The number of rotatable bonds is 6. The van der Waals surface area contributed by atoms with Crippen molar-refractivity contribution >= 4 is 17.7 Å². The van der Waals surface area contributed by atoms with E-state index in [1.807, 2.05) is 0 Å². The molecule has 0 aliphatic rings. The number of halogens is 1. The molecule has 138 valence electrons. The number of hydrogen-bond acceptors (Lipinski definition) is 4. The number of carbonyl (C=O) groups excluding carboxylic acids is 3. The van der Waals surface area contributed by atoms with Crippen LogP contribution < -0.4 is 0 Å². The van der Waals surface area contributed by atoms with Gasteiger partial charge in [-0.15, -0.1) is 0 Å². The summed E-state index contributed by atoms with van der Waals surface area (Å²) in [5.74, 6) is -1.64. The molecule has 0 bridgehead atoms. The second-order valence-electron chi connectivity index (χ2n) is 5.87. The van der Waals surface area contributed by atoms with Crippen LogP contribution >= 0.6 is 0 Å². The summed E-state index contributed by atoms with van der Waals surface area (Å²) in [5, 5.41) is 0. The van der Waals surface area contributed by atoms with E-state index in [2.05, 4.69) is 4.98 Å². The first-order valence-corrected chi connectivity index (χ1v) is 8.15. The van der Waals surface area contributed by atoms with Crippen LogP contribution in [0.1, 0.15) is 49.4 Å². The molecule has 0 unspecified atom stereocenters. The number of benzene rings is 1. The highest BCUT2D eigenvalue weighted by molar-refractivity contribution is 6.05. The summed E-state index contributed by atoms with van der Waals surface area (Å²) in [6, 6.07) is 5.16. The second-order valence-corrected chi connectivity index (χ2v) is 5.87. The minimum atomic E-state index is -0.556. The summed E-state index contributed by atoms with van der Waals surface area (Å²) in [7, 11) is 1.26. The Labute approximate surface area is 151 Å². The number of ether oxygens (including phenoxy) is 1. The molecule has 0 spiro atoms. The Bertz CT molecular complexity index is 840. The number of nitrogens with zero attached hydrogens (tertiary/aromatic N) is 1. The van der Waals surface area contributed by atoms with Crippen LogP contribution in [0.2, 0.25) is 0 Å². The molecule has 0 aliphatic heterocycles. The average Bonchev–Trinajstić information content (AvgIpc) is 2.93. The molecule has 2 rings (SSSR count). The van der Waals surface area contributed by atoms with Gasteiger partial charge in [0.2, 0.25) is 0 Å². The van der Waals surface area contributed by atoms with Crippen molar-refractivity contribution < 1.29 is 23.5 Å². The second kappa shape index (κ2) is 7.95. The molecule has 2 aromatic rings. The van der Waals surface area contributed by atoms with Crippen molar-refractivity contribution in [1.82, 2.24) is 9.88 Å². The molecule has 0 atom stereocenters. The van der Waals surface area contributed by atoms with E-state index in [0.29, 0.717) is 28.9 Å². The molecule has 1 heterocycles. The van der Waals surface area contributed by atoms with Gasteiger partial charge in [0.1, 0.15) is 11.5 Å². The highest BCUT2D eigenvalue weighted by atomic mass is 19.1. The van der Waals surface area contributed by atoms with Crippen molar-refractivity contribution in [3.63, 3.8) is 0 Å². The first-order valence-electron chi connectivity index (χ1n) is 8.15. The number of methoxy groups -OCH3 is 1. The van der Waals surface area contributed by atoms with Crippen molar-refractivity contribution in [1.29, 1.82) is 0 Å². The van der Waals surface area contributed by atoms with E-state index in [4.69, 9.17) is 4.74 Å². The van der Waals surface area contributed by atoms with Crippen LogP contribution in [-0.4, -0.2) is 47.7 Å². The predicted molar refractivity (Wildman–Crippen MR) is 93.9 cm³/mol. The van der Waals surface area contributed by atoms with Gasteiger partial charge in [-0.05, 0) is 50.6 Å². The van der Waals surface area contributed by atoms with Gasteiger partial charge < -0.3 is 14.6 Å². The van der Waals surface area contributed by atoms with Gasteiger partial charge in [0.15, 0.2) is 5.78 Å². The topological polar surface area (TPSA) is 79.5 Å². The van der Waals surface area contributed by atoms with Gasteiger partial charge in [0, 0.05) is 23.4 Å². The van der Waals surface area contributed by atoms with Crippen LogP contribution in [0, 0.1) is 19.7 Å². The normalized spacial score (nSPS) is 10.5. The van der Waals surface area contributed by atoms with Crippen molar-refractivity contribution in [2.24, 2.45) is 0 Å². The van der Waals surface area contributed by atoms with Gasteiger partial charge >= 0.3 is 5.97 Å². The summed E-state index contributed by atoms with van der Waals surface area (Å²) in [5.41, 5.74) is 1.93. The average molecular weight is 360 g/mol. The van der Waals surface area contributed by atoms with Crippen LogP contribution in [0.15, 0.2) is 24.3 Å². The first kappa shape index (κ1) is 19.4. The van der Waals surface area contributed by atoms with Gasteiger partial charge in [0.25, 0.3) is 5.91 Å². The van der Waals surface area contributed by atoms with Crippen LogP contribution in [0.3, 0.4) is 0 Å². The van der Waals surface area contributed by atoms with Crippen LogP contribution in [0.4, 0.5) is 4.39 Å². The number of hydrogen-bond donors (Lipinski definition) is 1. The molecule has 26 heavy (non-hydrogen) atoms. The summed E-state index contributed by atoms with van der Waals surface area (Å²) >= 11 is 0. The van der Waals surface area contributed by atoms with Gasteiger partial charge in [0.05, 0.1) is 13.7 Å². The fourth-order valence-electron chi connectivity index (χ4n) is 2.83. The van der Waals surface area contributed by atoms with Crippen LogP contribution in [0.5, 0.6) is 0 Å². The number of amides is 1. The largest absolute Gasteiger partial charge is 0.464 e. The quantitative estimate of drug-likeness (QED) is 0.635. The monoisotopic (exact) mass is 360 g/mol. The zero-order valence-corrected chi connectivity index (χ0v) is 15.2. The number of aromatic amines is 1. The Kier molecular flexibility index (Phi) is 5.92. The minimum Gasteiger partial charge on any atom is -0.464 e. The van der Waals surface area contributed by atoms with E-state index in [9.17, 15) is 18.8 Å². The molecule has 6 nitrogen and oxygen atoms in total. The number of aryl methyl sites for hydroxylation is 1. The molecule has 0 saturated heterocycles. The van der Waals surface area contributed by atoms with E-state index in [1.54, 1.807) is 20.8 Å². The molecule has 0 saturated carbocycles. The van der Waals surface area contributed by atoms with Crippen molar-refractivity contribution in [3.8, 4) is 0 Å². The molecule has 1 amide bonds. The Morgan fingerprint density at radius 2 is 1.77 bits per heavy atom. The molecule has 0 aliphatic carbocycles. The molecule has 1 N–H and O–H groups in total. The number of Topliss-reactive ketones (excluding diaryl/α,β-unsaturated/α-hetero) is 1. The smallest absolute Gasteiger partial charge is 0.354 e. The summed E-state index contributed by atoms with van der Waals surface area (Å²) in [6.07, 6.45) is 0. The Morgan fingerprint density at radius 1 is 1.15 bits per heavy atom. The number of ketones is 1. The first-order chi connectivity index (χ1) is 12.3. The lowest BCUT2D eigenvalue weighted by Gasteiger charge is -2.20. The lowest BCUT2D eigenvalue weighted by molar-refractivity contribution is 0.0593. The molecular formula is C19H21FN2O4. The maximum Gasteiger partial charge on any atom is 0.354 e. The highest BCUT2D eigenvalue weighted by Gasteiger charge is 2.25. The lowest BCUT2D eigenvalue weighted by Crippen LogP contribution is -2.35. The van der Waals surface area contributed by atoms with E-state index in [-0.39, 0.29) is 23.9 Å². The zero-order valence-electron chi connectivity index (χ0n) is 15.2. The number of esters is 1. The van der Waals surface area contributed by atoms with Gasteiger partial charge in [-0.25, -0.2) is 9.18 Å². The minimum absolute atomic E-state index is 0.146. The summed E-state index contributed by atoms with van der Waals surface area (Å²) < 4.78 is 17.7. The molecular weight excluding hydrogens is 339 g/mol. The molecule has 7 heteroatoms. The fraction of sp³-hybridized carbons (Fsp3) is 0.316. The van der Waals surface area contributed by atoms with Crippen LogP contribution in [-0.2, 0) is 4.74 Å². The van der Waals surface area contributed by atoms with Gasteiger partial charge in [-0.1, -0.05) is 0 Å². The van der Waals surface area contributed by atoms with Gasteiger partial charge in [-0.2, -0.15) is 0 Å². The van der Waals surface area contributed by atoms with Crippen molar-refractivity contribution in [3.05, 3.63) is 58.2 Å². The Balaban J connectivity index is 2.24. The van der Waals surface area contributed by atoms with Crippen molar-refractivity contribution in [2.45, 2.75) is 20.8 Å². The number of nitrogens with one attached hydrogen (secondary N) is 1. The highest BCUT2D eigenvalue weighted by Crippen LogP contribution is 2.20. The number of aromatic nitrogens is 1. The van der Waals surface area contributed by atoms with E-state index in [0.717, 1.165) is 0 Å². The third kappa shape index (κ3) is 3.82. The molecule has 1 aromatic carbocycles. The molecule has 0 fully saturated rings. The Hall–Kier alpha value is -2.96. The van der Waals surface area contributed by atoms with E-state index >= 15 is 0 Å². The number of H-pyrrole nitrogens is 1.